The number of hydrogen-bond acceptors (Lipinski definition) is 5. The monoisotopic (exact) mass is 355 g/mol. The first-order chi connectivity index (χ1) is 12.2. The molecule has 0 saturated carbocycles. The van der Waals surface area contributed by atoms with Crippen molar-refractivity contribution in [2.24, 2.45) is 0 Å². The van der Waals surface area contributed by atoms with Gasteiger partial charge in [0.2, 0.25) is 11.7 Å². The zero-order chi connectivity index (χ0) is 17.2. The molecular formula is C19H18ClN3O2. The molecule has 0 saturated heterocycles. The van der Waals surface area contributed by atoms with Gasteiger partial charge in [0.1, 0.15) is 5.75 Å². The lowest BCUT2D eigenvalue weighted by Crippen LogP contribution is -2.28. The average Bonchev–Trinajstić information content (AvgIpc) is 3.10. The highest BCUT2D eigenvalue weighted by atomic mass is 35.5. The fourth-order valence-corrected chi connectivity index (χ4v) is 3.36. The van der Waals surface area contributed by atoms with E-state index >= 15 is 0 Å². The van der Waals surface area contributed by atoms with E-state index in [-0.39, 0.29) is 0 Å². The number of benzene rings is 2. The van der Waals surface area contributed by atoms with Crippen molar-refractivity contribution in [3.63, 3.8) is 0 Å². The highest BCUT2D eigenvalue weighted by Gasteiger charge is 2.20. The van der Waals surface area contributed by atoms with Gasteiger partial charge in [0, 0.05) is 22.8 Å². The molecule has 2 heterocycles. The van der Waals surface area contributed by atoms with Crippen LogP contribution >= 0.6 is 11.6 Å². The second-order valence-electron chi connectivity index (χ2n) is 6.04. The number of aromatic nitrogens is 2. The predicted octanol–water partition coefficient (Wildman–Crippen LogP) is 4.35. The molecule has 0 fully saturated rings. The van der Waals surface area contributed by atoms with Crippen molar-refractivity contribution in [2.45, 2.75) is 19.4 Å². The molecule has 0 aliphatic carbocycles. The molecule has 0 unspecified atom stereocenters. The van der Waals surface area contributed by atoms with Gasteiger partial charge in [-0.25, -0.2) is 0 Å². The molecule has 1 aliphatic heterocycles. The van der Waals surface area contributed by atoms with Gasteiger partial charge in [0.25, 0.3) is 0 Å². The number of halogens is 1. The van der Waals surface area contributed by atoms with Crippen LogP contribution in [0.15, 0.2) is 47.0 Å². The van der Waals surface area contributed by atoms with Crippen LogP contribution < -0.4 is 9.64 Å². The van der Waals surface area contributed by atoms with Crippen molar-refractivity contribution < 1.29 is 9.26 Å². The molecule has 128 valence electrons. The summed E-state index contributed by atoms with van der Waals surface area (Å²) < 4.78 is 10.8. The fourth-order valence-electron chi connectivity index (χ4n) is 3.17. The highest BCUT2D eigenvalue weighted by molar-refractivity contribution is 6.30. The molecule has 5 nitrogen and oxygen atoms in total. The van der Waals surface area contributed by atoms with Crippen molar-refractivity contribution in [2.75, 3.05) is 18.6 Å². The maximum atomic E-state index is 6.03. The summed E-state index contributed by atoms with van der Waals surface area (Å²) in [6, 6.07) is 13.6. The Hall–Kier alpha value is -2.53. The second-order valence-corrected chi connectivity index (χ2v) is 6.48. The van der Waals surface area contributed by atoms with E-state index in [1.807, 2.05) is 30.3 Å². The largest absolute Gasteiger partial charge is 0.497 e. The van der Waals surface area contributed by atoms with E-state index < -0.39 is 0 Å². The zero-order valence-electron chi connectivity index (χ0n) is 13.9. The third kappa shape index (κ3) is 3.33. The molecule has 2 aromatic carbocycles. The molecule has 3 aromatic rings. The van der Waals surface area contributed by atoms with Gasteiger partial charge in [-0.2, -0.15) is 4.98 Å². The van der Waals surface area contributed by atoms with Gasteiger partial charge in [0.05, 0.1) is 13.7 Å². The normalized spacial score (nSPS) is 13.6. The van der Waals surface area contributed by atoms with Crippen molar-refractivity contribution >= 4 is 17.3 Å². The third-order valence-corrected chi connectivity index (χ3v) is 4.61. The topological polar surface area (TPSA) is 51.4 Å². The SMILES string of the molecule is COc1ccc2c(c1)CCCN2Cc1nc(-c2cccc(Cl)c2)no1. The summed E-state index contributed by atoms with van der Waals surface area (Å²) in [5, 5.41) is 4.74. The molecule has 1 aromatic heterocycles. The van der Waals surface area contributed by atoms with E-state index in [1.54, 1.807) is 7.11 Å². The van der Waals surface area contributed by atoms with Crippen molar-refractivity contribution in [1.82, 2.24) is 10.1 Å². The number of fused-ring (bicyclic) bond motifs is 1. The molecular weight excluding hydrogens is 338 g/mol. The first-order valence-electron chi connectivity index (χ1n) is 8.23. The molecule has 4 rings (SSSR count). The van der Waals surface area contributed by atoms with Gasteiger partial charge >= 0.3 is 0 Å². The number of nitrogens with zero attached hydrogens (tertiary/aromatic N) is 3. The summed E-state index contributed by atoms with van der Waals surface area (Å²) in [6.45, 7) is 1.56. The summed E-state index contributed by atoms with van der Waals surface area (Å²) >= 11 is 6.03. The van der Waals surface area contributed by atoms with E-state index in [2.05, 4.69) is 27.2 Å². The minimum absolute atomic E-state index is 0.560. The van der Waals surface area contributed by atoms with Gasteiger partial charge in [-0.15, -0.1) is 0 Å². The van der Waals surface area contributed by atoms with Crippen LogP contribution in [0.5, 0.6) is 5.75 Å². The number of hydrogen-bond donors (Lipinski definition) is 0. The lowest BCUT2D eigenvalue weighted by atomic mass is 10.0. The highest BCUT2D eigenvalue weighted by Crippen LogP contribution is 2.31. The lowest BCUT2D eigenvalue weighted by molar-refractivity contribution is 0.375. The quantitative estimate of drug-likeness (QED) is 0.696. The van der Waals surface area contributed by atoms with Crippen LogP contribution in [-0.2, 0) is 13.0 Å². The predicted molar refractivity (Wildman–Crippen MR) is 97.1 cm³/mol. The van der Waals surface area contributed by atoms with E-state index in [1.165, 1.54) is 11.3 Å². The molecule has 6 heteroatoms. The Kier molecular flexibility index (Phi) is 4.32. The summed E-state index contributed by atoms with van der Waals surface area (Å²) in [5.41, 5.74) is 3.35. The van der Waals surface area contributed by atoms with Gasteiger partial charge < -0.3 is 14.2 Å². The molecule has 1 aliphatic rings. The summed E-state index contributed by atoms with van der Waals surface area (Å²) in [6.07, 6.45) is 2.15. The smallest absolute Gasteiger partial charge is 0.246 e. The Morgan fingerprint density at radius 2 is 2.16 bits per heavy atom. The minimum atomic E-state index is 0.560. The van der Waals surface area contributed by atoms with Gasteiger partial charge in [-0.1, -0.05) is 28.9 Å². The van der Waals surface area contributed by atoms with Crippen molar-refractivity contribution in [3.8, 4) is 17.1 Å². The molecule has 0 radical (unpaired) electrons. The molecule has 25 heavy (non-hydrogen) atoms. The number of anilines is 1. The lowest BCUT2D eigenvalue weighted by Gasteiger charge is -2.30. The molecule has 0 bridgehead atoms. The Bertz CT molecular complexity index is 894. The summed E-state index contributed by atoms with van der Waals surface area (Å²) in [7, 11) is 1.69. The van der Waals surface area contributed by atoms with Crippen LogP contribution in [0.3, 0.4) is 0 Å². The van der Waals surface area contributed by atoms with Crippen LogP contribution in [0.25, 0.3) is 11.4 Å². The number of rotatable bonds is 4. The third-order valence-electron chi connectivity index (χ3n) is 4.38. The van der Waals surface area contributed by atoms with E-state index in [9.17, 15) is 0 Å². The number of ether oxygens (including phenoxy) is 1. The standard InChI is InChI=1S/C19H18ClN3O2/c1-24-16-7-8-17-13(11-16)5-3-9-23(17)12-18-21-19(22-25-18)14-4-2-6-15(20)10-14/h2,4,6-8,10-11H,3,5,9,12H2,1H3. The van der Waals surface area contributed by atoms with Gasteiger partial charge in [0.15, 0.2) is 0 Å². The Balaban J connectivity index is 1.56. The van der Waals surface area contributed by atoms with Crippen molar-refractivity contribution in [3.05, 3.63) is 58.9 Å². The number of methoxy groups -OCH3 is 1. The van der Waals surface area contributed by atoms with E-state index in [0.717, 1.165) is 30.7 Å². The summed E-state index contributed by atoms with van der Waals surface area (Å²) in [5.74, 6) is 2.05. The maximum absolute atomic E-state index is 6.03. The van der Waals surface area contributed by atoms with Crippen LogP contribution in [-0.4, -0.2) is 23.8 Å². The van der Waals surface area contributed by atoms with Gasteiger partial charge in [-0.05, 0) is 48.7 Å². The minimum Gasteiger partial charge on any atom is -0.497 e. The number of aryl methyl sites for hydroxylation is 1. The molecule has 0 N–H and O–H groups in total. The Labute approximate surface area is 151 Å². The fraction of sp³-hybridized carbons (Fsp3) is 0.263. The van der Waals surface area contributed by atoms with Crippen molar-refractivity contribution in [1.29, 1.82) is 0 Å². The molecule has 0 amide bonds. The van der Waals surface area contributed by atoms with Crippen LogP contribution in [0.1, 0.15) is 17.9 Å². The average molecular weight is 356 g/mol. The van der Waals surface area contributed by atoms with E-state index in [4.69, 9.17) is 20.9 Å². The zero-order valence-corrected chi connectivity index (χ0v) is 14.7. The Morgan fingerprint density at radius 1 is 1.24 bits per heavy atom. The Morgan fingerprint density at radius 3 is 3.00 bits per heavy atom. The molecule has 0 spiro atoms. The van der Waals surface area contributed by atoms with Crippen LogP contribution in [0, 0.1) is 0 Å². The maximum Gasteiger partial charge on any atom is 0.246 e. The van der Waals surface area contributed by atoms with Crippen LogP contribution in [0.2, 0.25) is 5.02 Å². The van der Waals surface area contributed by atoms with Gasteiger partial charge in [-0.3, -0.25) is 0 Å². The summed E-state index contributed by atoms with van der Waals surface area (Å²) in [4.78, 5) is 6.79. The second kappa shape index (κ2) is 6.76. The first kappa shape index (κ1) is 16.0. The van der Waals surface area contributed by atoms with E-state index in [0.29, 0.717) is 23.3 Å². The molecule has 0 atom stereocenters. The first-order valence-corrected chi connectivity index (χ1v) is 8.61. The van der Waals surface area contributed by atoms with Crippen LogP contribution in [0.4, 0.5) is 5.69 Å².